The van der Waals surface area contributed by atoms with E-state index in [0.717, 1.165) is 13.0 Å². The van der Waals surface area contributed by atoms with Crippen molar-refractivity contribution in [3.63, 3.8) is 0 Å². The molecule has 1 aromatic carbocycles. The van der Waals surface area contributed by atoms with Crippen LogP contribution in [0.15, 0.2) is 24.3 Å². The topological polar surface area (TPSA) is 15.3 Å². The highest BCUT2D eigenvalue weighted by Crippen LogP contribution is 2.28. The van der Waals surface area contributed by atoms with Crippen molar-refractivity contribution in [3.8, 4) is 0 Å². The molecule has 0 aliphatic rings. The molecule has 0 saturated carbocycles. The summed E-state index contributed by atoms with van der Waals surface area (Å²) in [5.74, 6) is 0. The van der Waals surface area contributed by atoms with Gasteiger partial charge in [-0.05, 0) is 58.8 Å². The molecule has 1 aromatic rings. The number of nitrogens with one attached hydrogen (secondary N) is 1. The predicted molar refractivity (Wildman–Crippen MR) is 94.0 cm³/mol. The molecule has 0 fully saturated rings. The fraction of sp³-hybridized carbons (Fsp3) is 0.684. The van der Waals surface area contributed by atoms with Crippen LogP contribution in [0, 0.1) is 6.92 Å². The van der Waals surface area contributed by atoms with E-state index in [1.54, 1.807) is 0 Å². The molecule has 2 heteroatoms. The summed E-state index contributed by atoms with van der Waals surface area (Å²) in [7, 11) is 4.45. The van der Waals surface area contributed by atoms with E-state index in [9.17, 15) is 0 Å². The summed E-state index contributed by atoms with van der Waals surface area (Å²) in [5.41, 5.74) is 2.99. The van der Waals surface area contributed by atoms with Crippen LogP contribution in [0.3, 0.4) is 0 Å². The minimum absolute atomic E-state index is 0.222. The Morgan fingerprint density at radius 1 is 1.05 bits per heavy atom. The summed E-state index contributed by atoms with van der Waals surface area (Å²) in [6.45, 7) is 10.1. The van der Waals surface area contributed by atoms with E-state index in [2.05, 4.69) is 76.3 Å². The Kier molecular flexibility index (Phi) is 7.41. The van der Waals surface area contributed by atoms with E-state index < -0.39 is 0 Å². The molecule has 21 heavy (non-hydrogen) atoms. The van der Waals surface area contributed by atoms with E-state index in [4.69, 9.17) is 0 Å². The summed E-state index contributed by atoms with van der Waals surface area (Å²) in [4.78, 5) is 2.43. The number of hydrogen-bond donors (Lipinski definition) is 1. The van der Waals surface area contributed by atoms with Gasteiger partial charge in [-0.15, -0.1) is 0 Å². The normalized spacial score (nSPS) is 13.7. The molecule has 120 valence electrons. The van der Waals surface area contributed by atoms with Crippen molar-refractivity contribution in [2.75, 3.05) is 20.6 Å². The Balaban J connectivity index is 2.99. The summed E-state index contributed by atoms with van der Waals surface area (Å²) in [5, 5.41) is 3.81. The number of nitrogens with zero attached hydrogens (tertiary/aromatic N) is 1. The van der Waals surface area contributed by atoms with Crippen LogP contribution in [0.1, 0.15) is 51.2 Å². The number of benzene rings is 1. The standard InChI is InChI=1S/C19H34N2/c1-7-14-20-18(19(8-2,9-3)21(5)6)15-17-12-10-16(4)11-13-17/h10-13,18,20H,7-9,14-15H2,1-6H3. The van der Waals surface area contributed by atoms with Crippen molar-refractivity contribution in [1.82, 2.24) is 10.2 Å². The molecule has 0 saturated heterocycles. The van der Waals surface area contributed by atoms with Gasteiger partial charge in [0.2, 0.25) is 0 Å². The second kappa shape index (κ2) is 8.55. The van der Waals surface area contributed by atoms with Crippen LogP contribution < -0.4 is 5.32 Å². The van der Waals surface area contributed by atoms with Crippen LogP contribution >= 0.6 is 0 Å². The molecule has 1 atom stereocenters. The largest absolute Gasteiger partial charge is 0.312 e. The van der Waals surface area contributed by atoms with Crippen LogP contribution in [0.4, 0.5) is 0 Å². The summed E-state index contributed by atoms with van der Waals surface area (Å²) >= 11 is 0. The molecule has 0 aliphatic carbocycles. The van der Waals surface area contributed by atoms with Crippen molar-refractivity contribution in [1.29, 1.82) is 0 Å². The summed E-state index contributed by atoms with van der Waals surface area (Å²) < 4.78 is 0. The average Bonchev–Trinajstić information content (AvgIpc) is 2.48. The van der Waals surface area contributed by atoms with Crippen molar-refractivity contribution >= 4 is 0 Å². The lowest BCUT2D eigenvalue weighted by molar-refractivity contribution is 0.0881. The molecule has 0 radical (unpaired) electrons. The predicted octanol–water partition coefficient (Wildman–Crippen LogP) is 4.03. The van der Waals surface area contributed by atoms with Gasteiger partial charge >= 0.3 is 0 Å². The van der Waals surface area contributed by atoms with Crippen LogP contribution in [0.25, 0.3) is 0 Å². The quantitative estimate of drug-likeness (QED) is 0.739. The van der Waals surface area contributed by atoms with Crippen LogP contribution in [0.2, 0.25) is 0 Å². The monoisotopic (exact) mass is 290 g/mol. The third-order valence-electron chi connectivity index (χ3n) is 4.96. The maximum atomic E-state index is 3.81. The van der Waals surface area contributed by atoms with Crippen molar-refractivity contribution < 1.29 is 0 Å². The van der Waals surface area contributed by atoms with Gasteiger partial charge in [-0.3, -0.25) is 0 Å². The maximum Gasteiger partial charge on any atom is 0.0354 e. The van der Waals surface area contributed by atoms with Crippen LogP contribution in [0.5, 0.6) is 0 Å². The highest BCUT2D eigenvalue weighted by molar-refractivity contribution is 5.23. The van der Waals surface area contributed by atoms with E-state index in [0.29, 0.717) is 6.04 Å². The molecule has 1 rings (SSSR count). The molecule has 0 amide bonds. The van der Waals surface area contributed by atoms with Gasteiger partial charge < -0.3 is 10.2 Å². The zero-order valence-corrected chi connectivity index (χ0v) is 14.9. The van der Waals surface area contributed by atoms with Gasteiger partial charge in [-0.25, -0.2) is 0 Å². The highest BCUT2D eigenvalue weighted by atomic mass is 15.2. The second-order valence-electron chi connectivity index (χ2n) is 6.40. The number of hydrogen-bond acceptors (Lipinski definition) is 2. The van der Waals surface area contributed by atoms with Crippen LogP contribution in [-0.4, -0.2) is 37.1 Å². The first-order chi connectivity index (χ1) is 10.00. The Hall–Kier alpha value is -0.860. The van der Waals surface area contributed by atoms with Gasteiger partial charge in [0.15, 0.2) is 0 Å². The number of aryl methyl sites for hydroxylation is 1. The summed E-state index contributed by atoms with van der Waals surface area (Å²) in [6, 6.07) is 9.50. The molecule has 0 spiro atoms. The molecule has 2 nitrogen and oxygen atoms in total. The second-order valence-corrected chi connectivity index (χ2v) is 6.40. The molecule has 0 heterocycles. The number of rotatable bonds is 9. The van der Waals surface area contributed by atoms with Crippen molar-refractivity contribution in [3.05, 3.63) is 35.4 Å². The first-order valence-corrected chi connectivity index (χ1v) is 8.46. The average molecular weight is 290 g/mol. The fourth-order valence-corrected chi connectivity index (χ4v) is 3.42. The Morgan fingerprint density at radius 2 is 1.62 bits per heavy atom. The molecule has 0 aliphatic heterocycles. The van der Waals surface area contributed by atoms with Gasteiger partial charge in [0.1, 0.15) is 0 Å². The maximum absolute atomic E-state index is 3.81. The molecule has 1 N–H and O–H groups in total. The smallest absolute Gasteiger partial charge is 0.0354 e. The Morgan fingerprint density at radius 3 is 2.05 bits per heavy atom. The van der Waals surface area contributed by atoms with E-state index in [1.807, 2.05) is 0 Å². The fourth-order valence-electron chi connectivity index (χ4n) is 3.42. The molecule has 0 bridgehead atoms. The van der Waals surface area contributed by atoms with Crippen molar-refractivity contribution in [2.45, 2.75) is 65.0 Å². The molecular formula is C19H34N2. The Labute approximate surface area is 131 Å². The summed E-state index contributed by atoms with van der Waals surface area (Å²) in [6.07, 6.45) is 4.62. The van der Waals surface area contributed by atoms with E-state index in [-0.39, 0.29) is 5.54 Å². The van der Waals surface area contributed by atoms with Gasteiger partial charge in [0, 0.05) is 11.6 Å². The van der Waals surface area contributed by atoms with Gasteiger partial charge in [-0.1, -0.05) is 50.6 Å². The van der Waals surface area contributed by atoms with Gasteiger partial charge in [0.25, 0.3) is 0 Å². The van der Waals surface area contributed by atoms with Crippen molar-refractivity contribution in [2.24, 2.45) is 0 Å². The third kappa shape index (κ3) is 4.55. The first-order valence-electron chi connectivity index (χ1n) is 8.46. The van der Waals surface area contributed by atoms with Crippen LogP contribution in [-0.2, 0) is 6.42 Å². The van der Waals surface area contributed by atoms with Gasteiger partial charge in [-0.2, -0.15) is 0 Å². The molecule has 0 aromatic heterocycles. The third-order valence-corrected chi connectivity index (χ3v) is 4.96. The van der Waals surface area contributed by atoms with Gasteiger partial charge in [0.05, 0.1) is 0 Å². The van der Waals surface area contributed by atoms with E-state index in [1.165, 1.54) is 30.4 Å². The highest BCUT2D eigenvalue weighted by Gasteiger charge is 2.37. The Bertz CT molecular complexity index is 391. The first kappa shape index (κ1) is 18.2. The zero-order valence-electron chi connectivity index (χ0n) is 14.9. The lowest BCUT2D eigenvalue weighted by atomic mass is 9.80. The molecular weight excluding hydrogens is 256 g/mol. The SMILES string of the molecule is CCCNC(Cc1ccc(C)cc1)C(CC)(CC)N(C)C. The minimum Gasteiger partial charge on any atom is -0.312 e. The lowest BCUT2D eigenvalue weighted by Gasteiger charge is -2.46. The minimum atomic E-state index is 0.222. The zero-order chi connectivity index (χ0) is 15.9. The molecule has 1 unspecified atom stereocenters. The lowest BCUT2D eigenvalue weighted by Crippen LogP contribution is -2.59. The van der Waals surface area contributed by atoms with E-state index >= 15 is 0 Å². The number of likely N-dealkylation sites (N-methyl/N-ethyl adjacent to an activating group) is 1.